The molecule has 1 fully saturated rings. The van der Waals surface area contributed by atoms with E-state index in [9.17, 15) is 19.5 Å². The van der Waals surface area contributed by atoms with E-state index in [0.717, 1.165) is 32.9 Å². The van der Waals surface area contributed by atoms with E-state index in [1.54, 1.807) is 0 Å². The molecule has 13 heteroatoms. The number of halogens is 2. The molecule has 2 aliphatic rings. The zero-order valence-electron chi connectivity index (χ0n) is 23.4. The number of aliphatic carboxylic acids is 1. The molecule has 1 aromatic heterocycles. The lowest BCUT2D eigenvalue weighted by Gasteiger charge is -2.49. The number of anilines is 1. The summed E-state index contributed by atoms with van der Waals surface area (Å²) in [7, 11) is 0. The topological polar surface area (TPSA) is 147 Å². The summed E-state index contributed by atoms with van der Waals surface area (Å²) in [6.45, 7) is 0. The van der Waals surface area contributed by atoms with Gasteiger partial charge in [-0.15, -0.1) is 0 Å². The number of amides is 2. The highest BCUT2D eigenvalue weighted by Crippen LogP contribution is 2.41. The number of fused-ring (bicyclic) bond motifs is 1. The second kappa shape index (κ2) is 12.4. The molecule has 2 atom stereocenters. The van der Waals surface area contributed by atoms with Crippen LogP contribution in [0.1, 0.15) is 35.2 Å². The molecule has 0 bridgehead atoms. The molecule has 2 amide bonds. The molecular formula is C32H25Cl2N5O5S. The number of carbonyl (C=O) groups is 3. The largest absolute Gasteiger partial charge is 0.477 e. The zero-order valence-corrected chi connectivity index (χ0v) is 25.7. The highest BCUT2D eigenvalue weighted by Gasteiger charge is 2.53. The fraction of sp³-hybridized carbons (Fsp3) is 0.156. The fourth-order valence-electron chi connectivity index (χ4n) is 5.67. The number of nitrogens with one attached hydrogen (secondary N) is 1. The number of hydrogen-bond donors (Lipinski definition) is 3. The van der Waals surface area contributed by atoms with Crippen LogP contribution in [0.25, 0.3) is 0 Å². The van der Waals surface area contributed by atoms with Crippen LogP contribution in [-0.2, 0) is 24.8 Å². The molecule has 0 aliphatic carbocycles. The monoisotopic (exact) mass is 661 g/mol. The van der Waals surface area contributed by atoms with Crippen molar-refractivity contribution in [2.45, 2.75) is 30.5 Å². The number of aromatic nitrogens is 1. The number of nitrogens with zero attached hydrogens (tertiary/aromatic N) is 3. The van der Waals surface area contributed by atoms with Crippen LogP contribution in [0.4, 0.5) is 5.13 Å². The van der Waals surface area contributed by atoms with Crippen molar-refractivity contribution in [3.05, 3.63) is 128 Å². The molecule has 10 nitrogen and oxygen atoms in total. The van der Waals surface area contributed by atoms with Crippen LogP contribution < -0.4 is 11.1 Å². The number of carbonyl (C=O) groups excluding carboxylic acids is 2. The summed E-state index contributed by atoms with van der Waals surface area (Å²) in [6, 6.07) is 26.6. The van der Waals surface area contributed by atoms with Gasteiger partial charge in [0.15, 0.2) is 10.8 Å². The highest BCUT2D eigenvalue weighted by molar-refractivity contribution is 7.19. The maximum Gasteiger partial charge on any atom is 0.353 e. The van der Waals surface area contributed by atoms with Gasteiger partial charge in [0.05, 0.1) is 6.04 Å². The maximum atomic E-state index is 14.0. The fourth-order valence-corrected chi connectivity index (χ4v) is 6.88. The molecule has 45 heavy (non-hydrogen) atoms. The predicted octanol–water partition coefficient (Wildman–Crippen LogP) is 5.12. The van der Waals surface area contributed by atoms with Gasteiger partial charge in [-0.3, -0.25) is 14.5 Å². The van der Waals surface area contributed by atoms with Crippen molar-refractivity contribution >= 4 is 63.2 Å². The second-order valence-corrected chi connectivity index (χ2v) is 12.4. The van der Waals surface area contributed by atoms with Gasteiger partial charge >= 0.3 is 5.97 Å². The van der Waals surface area contributed by atoms with Crippen molar-refractivity contribution in [2.75, 3.05) is 5.73 Å². The number of carboxylic acid groups (broad SMARTS) is 1. The third kappa shape index (κ3) is 5.43. The average Bonchev–Trinajstić information content (AvgIpc) is 3.39. The third-order valence-corrected chi connectivity index (χ3v) is 9.17. The van der Waals surface area contributed by atoms with Crippen LogP contribution >= 0.6 is 34.5 Å². The van der Waals surface area contributed by atoms with Gasteiger partial charge in [-0.05, 0) is 12.8 Å². The Kier molecular flexibility index (Phi) is 8.32. The lowest BCUT2D eigenvalue weighted by Crippen LogP contribution is -2.72. The van der Waals surface area contributed by atoms with Crippen LogP contribution in [0, 0.1) is 0 Å². The van der Waals surface area contributed by atoms with Crippen LogP contribution in [0.5, 0.6) is 0 Å². The Morgan fingerprint density at radius 2 is 1.51 bits per heavy atom. The van der Waals surface area contributed by atoms with Gasteiger partial charge in [-0.2, -0.15) is 0 Å². The average molecular weight is 663 g/mol. The second-order valence-electron chi connectivity index (χ2n) is 10.3. The van der Waals surface area contributed by atoms with Crippen molar-refractivity contribution in [2.24, 2.45) is 5.16 Å². The Bertz CT molecular complexity index is 1740. The molecule has 6 rings (SSSR count). The Hall–Kier alpha value is -4.71. The first-order valence-electron chi connectivity index (χ1n) is 13.8. The molecular weight excluding hydrogens is 637 g/mol. The number of nitrogens with two attached hydrogens (primary N) is 1. The highest BCUT2D eigenvalue weighted by atomic mass is 35.5. The molecule has 2 aliphatic heterocycles. The van der Waals surface area contributed by atoms with Gasteiger partial charge in [0.25, 0.3) is 11.8 Å². The number of allylic oxidation sites excluding steroid dienone is 1. The van der Waals surface area contributed by atoms with Crippen molar-refractivity contribution in [3.63, 3.8) is 0 Å². The predicted molar refractivity (Wildman–Crippen MR) is 171 cm³/mol. The zero-order chi connectivity index (χ0) is 31.7. The minimum atomic E-state index is -1.33. The quantitative estimate of drug-likeness (QED) is 0.0977. The molecule has 4 N–H and O–H groups in total. The molecule has 3 heterocycles. The number of hydrogen-bond acceptors (Lipinski definition) is 8. The van der Waals surface area contributed by atoms with Crippen molar-refractivity contribution in [3.8, 4) is 0 Å². The van der Waals surface area contributed by atoms with E-state index in [2.05, 4.69) is 15.5 Å². The van der Waals surface area contributed by atoms with Crippen LogP contribution in [0.15, 0.2) is 107 Å². The molecule has 0 spiro atoms. The molecule has 0 radical (unpaired) electrons. The van der Waals surface area contributed by atoms with Gasteiger partial charge in [-0.1, -0.05) is 131 Å². The van der Waals surface area contributed by atoms with Crippen molar-refractivity contribution < 1.29 is 24.3 Å². The van der Waals surface area contributed by atoms with E-state index < -0.39 is 35.5 Å². The van der Waals surface area contributed by atoms with E-state index >= 15 is 0 Å². The number of nitrogen functional groups attached to an aromatic ring is 1. The summed E-state index contributed by atoms with van der Waals surface area (Å²) in [6.07, 6.45) is 0.606. The van der Waals surface area contributed by atoms with E-state index in [-0.39, 0.29) is 38.0 Å². The number of β-lactam (4-membered cyclic amide) rings is 1. The molecule has 3 aromatic carbocycles. The minimum Gasteiger partial charge on any atom is -0.477 e. The summed E-state index contributed by atoms with van der Waals surface area (Å²) in [5.41, 5.74) is 6.18. The van der Waals surface area contributed by atoms with E-state index in [1.807, 2.05) is 91.0 Å². The summed E-state index contributed by atoms with van der Waals surface area (Å²) in [5, 5.41) is 16.9. The van der Waals surface area contributed by atoms with Gasteiger partial charge in [0.1, 0.15) is 21.8 Å². The number of thiazole rings is 1. The summed E-state index contributed by atoms with van der Waals surface area (Å²) >= 11 is 13.6. The normalized spacial score (nSPS) is 18.2. The molecule has 4 aromatic rings. The first-order chi connectivity index (χ1) is 21.7. The molecule has 1 saturated heterocycles. The Balaban J connectivity index is 1.43. The number of oxime groups is 1. The summed E-state index contributed by atoms with van der Waals surface area (Å²) in [5.74, 6) is -2.73. The van der Waals surface area contributed by atoms with E-state index in [4.69, 9.17) is 33.8 Å². The number of benzene rings is 3. The van der Waals surface area contributed by atoms with Gasteiger partial charge in [0.2, 0.25) is 5.60 Å². The first kappa shape index (κ1) is 30.3. The van der Waals surface area contributed by atoms with Crippen LogP contribution in [-0.4, -0.2) is 50.6 Å². The summed E-state index contributed by atoms with van der Waals surface area (Å²) < 4.78 is 0.0943. The molecule has 0 saturated carbocycles. The smallest absolute Gasteiger partial charge is 0.353 e. The van der Waals surface area contributed by atoms with Crippen molar-refractivity contribution in [1.29, 1.82) is 0 Å². The third-order valence-electron chi connectivity index (χ3n) is 7.72. The van der Waals surface area contributed by atoms with Crippen molar-refractivity contribution in [1.82, 2.24) is 15.2 Å². The van der Waals surface area contributed by atoms with Gasteiger partial charge in [0, 0.05) is 21.7 Å². The first-order valence-corrected chi connectivity index (χ1v) is 15.4. The number of rotatable bonds is 9. The molecule has 1 unspecified atom stereocenters. The lowest BCUT2D eigenvalue weighted by atomic mass is 9.80. The Morgan fingerprint density at radius 1 is 0.978 bits per heavy atom. The van der Waals surface area contributed by atoms with Gasteiger partial charge < -0.3 is 21.0 Å². The Morgan fingerprint density at radius 3 is 1.98 bits per heavy atom. The SMILES string of the molecule is Nc1nc(C(=NOC(c2ccccc2)(c2ccccc2)c2ccccc2)C(=O)N[C@@H]2C(=O)N3C(C(=O)O)=C(Cl)CCC23)c(Cl)s1. The van der Waals surface area contributed by atoms with Gasteiger partial charge in [-0.25, -0.2) is 9.78 Å². The summed E-state index contributed by atoms with van der Waals surface area (Å²) in [4.78, 5) is 50.7. The standard InChI is InChI=1S/C32H25Cl2N5O5S/c33-21-16-17-22-23(29(41)39(22)26(21)30(42)43)36-28(40)25(24-27(34)45-31(35)37-24)38-44-32(18-10-4-1-5-11-18,19-12-6-2-7-13-19)20-14-8-3-9-15-20/h1-15,22-23H,16-17H2,(H2,35,37)(H,36,40)(H,42,43)/t22?,23-/m0/s1. The van der Waals surface area contributed by atoms with Crippen LogP contribution in [0.2, 0.25) is 4.34 Å². The number of carboxylic acids is 1. The van der Waals surface area contributed by atoms with Crippen LogP contribution in [0.3, 0.4) is 0 Å². The van der Waals surface area contributed by atoms with E-state index in [0.29, 0.717) is 6.42 Å². The lowest BCUT2D eigenvalue weighted by molar-refractivity contribution is -0.155. The Labute approximate surface area is 271 Å². The minimum absolute atomic E-state index is 0.0267. The maximum absolute atomic E-state index is 14.0. The van der Waals surface area contributed by atoms with E-state index in [1.165, 1.54) is 0 Å². The molecule has 228 valence electrons.